The van der Waals surface area contributed by atoms with Gasteiger partial charge in [0.15, 0.2) is 0 Å². The molecule has 0 saturated heterocycles. The Morgan fingerprint density at radius 2 is 1.71 bits per heavy atom. The Labute approximate surface area is 229 Å². The van der Waals surface area contributed by atoms with Crippen molar-refractivity contribution in [3.63, 3.8) is 0 Å². The minimum absolute atomic E-state index is 0.00838. The number of ketones is 1. The molecule has 1 N–H and O–H groups in total. The Hall–Kier alpha value is -1.91. The number of rotatable bonds is 7. The average Bonchev–Trinajstić information content (AvgIpc) is 3.03. The number of ether oxygens (including phenoxy) is 1. The largest absolute Gasteiger partial charge is 0.481 e. The van der Waals surface area contributed by atoms with Crippen molar-refractivity contribution >= 4 is 17.7 Å². The predicted octanol–water partition coefficient (Wildman–Crippen LogP) is 7.54. The van der Waals surface area contributed by atoms with Gasteiger partial charge in [0.05, 0.1) is 5.92 Å². The van der Waals surface area contributed by atoms with E-state index in [1.54, 1.807) is 0 Å². The van der Waals surface area contributed by atoms with Crippen LogP contribution in [0.5, 0.6) is 0 Å². The Bertz CT molecular complexity index is 1070. The lowest BCUT2D eigenvalue weighted by Gasteiger charge is -2.60. The summed E-state index contributed by atoms with van der Waals surface area (Å²) in [5.74, 6) is -0.948. The molecule has 5 nitrogen and oxygen atoms in total. The maximum atomic E-state index is 12.9. The topological polar surface area (TPSA) is 80.7 Å². The van der Waals surface area contributed by atoms with Crippen LogP contribution < -0.4 is 0 Å². The molecule has 0 amide bonds. The van der Waals surface area contributed by atoms with Gasteiger partial charge in [0.2, 0.25) is 0 Å². The molecule has 2 fully saturated rings. The number of Topliss-reactive ketones (excluding diaryl/α,β-unsaturated/α-hetero) is 1. The molecular formula is C33H50O5. The molecule has 7 unspecified atom stereocenters. The third kappa shape index (κ3) is 4.22. The summed E-state index contributed by atoms with van der Waals surface area (Å²) in [4.78, 5) is 38.1. The van der Waals surface area contributed by atoms with Crippen molar-refractivity contribution in [3.05, 3.63) is 23.3 Å². The van der Waals surface area contributed by atoms with E-state index in [4.69, 9.17) is 4.74 Å². The predicted molar refractivity (Wildman–Crippen MR) is 149 cm³/mol. The van der Waals surface area contributed by atoms with Gasteiger partial charge in [-0.1, -0.05) is 71.8 Å². The van der Waals surface area contributed by atoms with E-state index in [-0.39, 0.29) is 33.5 Å². The van der Waals surface area contributed by atoms with Crippen LogP contribution in [-0.4, -0.2) is 28.9 Å². The zero-order chi connectivity index (χ0) is 28.4. The first-order valence-corrected chi connectivity index (χ1v) is 14.8. The minimum atomic E-state index is -0.794. The van der Waals surface area contributed by atoms with Crippen LogP contribution in [0.3, 0.4) is 0 Å². The van der Waals surface area contributed by atoms with E-state index >= 15 is 0 Å². The first-order chi connectivity index (χ1) is 17.5. The number of fused-ring (bicyclic) bond motifs is 4. The maximum absolute atomic E-state index is 12.9. The second-order valence-electron chi connectivity index (χ2n) is 14.5. The Kier molecular flexibility index (Phi) is 7.37. The molecule has 0 bridgehead atoms. The van der Waals surface area contributed by atoms with E-state index < -0.39 is 18.0 Å². The van der Waals surface area contributed by atoms with Gasteiger partial charge in [0.1, 0.15) is 11.9 Å². The van der Waals surface area contributed by atoms with Gasteiger partial charge < -0.3 is 9.84 Å². The number of hydrogen-bond donors (Lipinski definition) is 1. The van der Waals surface area contributed by atoms with Gasteiger partial charge in [0.25, 0.3) is 0 Å². The number of carbonyl (C=O) groups is 3. The number of carboxylic acids is 1. The molecule has 0 heterocycles. The van der Waals surface area contributed by atoms with Crippen molar-refractivity contribution in [2.75, 3.05) is 0 Å². The number of esters is 1. The van der Waals surface area contributed by atoms with Gasteiger partial charge in [-0.25, -0.2) is 0 Å². The molecule has 0 aromatic carbocycles. The van der Waals surface area contributed by atoms with Crippen LogP contribution in [0.2, 0.25) is 0 Å². The summed E-state index contributed by atoms with van der Waals surface area (Å²) in [5.41, 5.74) is 3.21. The van der Waals surface area contributed by atoms with Crippen LogP contribution in [0.1, 0.15) is 113 Å². The average molecular weight is 527 g/mol. The standard InChI is InChI=1S/C33H50O5/c1-19(2)20(3)10-11-22(29(36)37)28-25(38-21(4)34)18-33(9)24-12-13-26-30(5,6)27(35)15-16-31(26,7)23(24)14-17-32(28,33)8/h19,22,25-26,28H,3,10-18H2,1-2,4-9H3,(H,36,37). The van der Waals surface area contributed by atoms with Gasteiger partial charge in [-0.05, 0) is 79.4 Å². The van der Waals surface area contributed by atoms with Crippen molar-refractivity contribution < 1.29 is 24.2 Å². The second-order valence-corrected chi connectivity index (χ2v) is 14.5. The Morgan fingerprint density at radius 3 is 2.29 bits per heavy atom. The van der Waals surface area contributed by atoms with Crippen LogP contribution in [0.25, 0.3) is 0 Å². The molecule has 0 spiro atoms. The summed E-state index contributed by atoms with van der Waals surface area (Å²) in [7, 11) is 0. The lowest BCUT2D eigenvalue weighted by molar-refractivity contribution is -0.158. The normalized spacial score (nSPS) is 38.8. The highest BCUT2D eigenvalue weighted by Gasteiger charge is 2.67. The smallest absolute Gasteiger partial charge is 0.306 e. The van der Waals surface area contributed by atoms with Gasteiger partial charge >= 0.3 is 11.9 Å². The highest BCUT2D eigenvalue weighted by molar-refractivity contribution is 5.85. The molecule has 0 aliphatic heterocycles. The number of carboxylic acid groups (broad SMARTS) is 1. The van der Waals surface area contributed by atoms with E-state index in [1.165, 1.54) is 18.1 Å². The van der Waals surface area contributed by atoms with Crippen LogP contribution in [0, 0.1) is 45.3 Å². The molecule has 4 rings (SSSR count). The fourth-order valence-corrected chi connectivity index (χ4v) is 9.68. The van der Waals surface area contributed by atoms with Gasteiger partial charge in [-0.15, -0.1) is 0 Å². The van der Waals surface area contributed by atoms with E-state index in [1.807, 2.05) is 0 Å². The van der Waals surface area contributed by atoms with E-state index in [9.17, 15) is 19.5 Å². The highest BCUT2D eigenvalue weighted by atomic mass is 16.5. The van der Waals surface area contributed by atoms with Crippen molar-refractivity contribution in [1.82, 2.24) is 0 Å². The quantitative estimate of drug-likeness (QED) is 0.274. The summed E-state index contributed by atoms with van der Waals surface area (Å²) in [6.45, 7) is 21.1. The number of aliphatic carboxylic acids is 1. The van der Waals surface area contributed by atoms with Crippen LogP contribution in [0.4, 0.5) is 0 Å². The first-order valence-electron chi connectivity index (χ1n) is 14.8. The summed E-state index contributed by atoms with van der Waals surface area (Å²) >= 11 is 0. The molecule has 4 aliphatic rings. The number of allylic oxidation sites excluding steroid dienone is 3. The Balaban J connectivity index is 1.79. The molecule has 4 aliphatic carbocycles. The zero-order valence-electron chi connectivity index (χ0n) is 25.0. The van der Waals surface area contributed by atoms with E-state index in [2.05, 4.69) is 55.0 Å². The van der Waals surface area contributed by atoms with Crippen molar-refractivity contribution in [2.45, 2.75) is 119 Å². The molecule has 38 heavy (non-hydrogen) atoms. The third-order valence-corrected chi connectivity index (χ3v) is 12.2. The van der Waals surface area contributed by atoms with Crippen molar-refractivity contribution in [1.29, 1.82) is 0 Å². The molecular weight excluding hydrogens is 476 g/mol. The maximum Gasteiger partial charge on any atom is 0.306 e. The van der Waals surface area contributed by atoms with Gasteiger partial charge in [-0.2, -0.15) is 0 Å². The fourth-order valence-electron chi connectivity index (χ4n) is 9.68. The highest BCUT2D eigenvalue weighted by Crippen LogP contribution is 2.72. The summed E-state index contributed by atoms with van der Waals surface area (Å²) < 4.78 is 6.00. The van der Waals surface area contributed by atoms with E-state index in [0.717, 1.165) is 37.7 Å². The molecule has 5 heteroatoms. The second kappa shape index (κ2) is 9.63. The van der Waals surface area contributed by atoms with Crippen LogP contribution in [0.15, 0.2) is 23.3 Å². The van der Waals surface area contributed by atoms with E-state index in [0.29, 0.717) is 43.3 Å². The molecule has 212 valence electrons. The summed E-state index contributed by atoms with van der Waals surface area (Å²) in [6.07, 6.45) is 6.72. The monoisotopic (exact) mass is 526 g/mol. The molecule has 0 aromatic rings. The van der Waals surface area contributed by atoms with Crippen molar-refractivity contribution in [2.24, 2.45) is 45.3 Å². The fraction of sp³-hybridized carbons (Fsp3) is 0.788. The molecule has 7 atom stereocenters. The SMILES string of the molecule is C=C(CCC(C(=O)O)C1C(OC(C)=O)CC2(C)C3=C(CCC12C)C1(C)CCC(=O)C(C)(C)C1CC3)C(C)C. The molecule has 2 saturated carbocycles. The van der Waals surface area contributed by atoms with Gasteiger partial charge in [-0.3, -0.25) is 14.4 Å². The summed E-state index contributed by atoms with van der Waals surface area (Å²) in [6, 6.07) is 0. The lowest BCUT2D eigenvalue weighted by atomic mass is 9.43. The molecule has 0 radical (unpaired) electrons. The lowest BCUT2D eigenvalue weighted by Crippen LogP contribution is -2.54. The van der Waals surface area contributed by atoms with Gasteiger partial charge in [0, 0.05) is 24.7 Å². The first kappa shape index (κ1) is 29.1. The van der Waals surface area contributed by atoms with Crippen LogP contribution >= 0.6 is 0 Å². The third-order valence-electron chi connectivity index (χ3n) is 12.2. The zero-order valence-corrected chi connectivity index (χ0v) is 25.0. The Morgan fingerprint density at radius 1 is 1.05 bits per heavy atom. The summed E-state index contributed by atoms with van der Waals surface area (Å²) in [5, 5.41) is 10.5. The van der Waals surface area contributed by atoms with Crippen molar-refractivity contribution in [3.8, 4) is 0 Å². The molecule has 0 aromatic heterocycles. The number of carbonyl (C=O) groups excluding carboxylic acids is 2. The number of hydrogen-bond acceptors (Lipinski definition) is 4. The van der Waals surface area contributed by atoms with Crippen LogP contribution in [-0.2, 0) is 19.1 Å². The minimum Gasteiger partial charge on any atom is -0.481 e.